The van der Waals surface area contributed by atoms with Crippen LogP contribution >= 0.6 is 0 Å². The van der Waals surface area contributed by atoms with Gasteiger partial charge >= 0.3 is 12.0 Å². The Labute approximate surface area is 150 Å². The number of urea groups is 1. The summed E-state index contributed by atoms with van der Waals surface area (Å²) >= 11 is 0. The molecule has 2 N–H and O–H groups in total. The largest absolute Gasteiger partial charge is 0.469 e. The molecule has 0 spiro atoms. The van der Waals surface area contributed by atoms with E-state index in [-0.39, 0.29) is 6.42 Å². The van der Waals surface area contributed by atoms with Crippen LogP contribution < -0.4 is 10.6 Å². The van der Waals surface area contributed by atoms with Gasteiger partial charge in [-0.05, 0) is 24.6 Å². The van der Waals surface area contributed by atoms with Crippen LogP contribution in [0, 0.1) is 6.92 Å². The van der Waals surface area contributed by atoms with Gasteiger partial charge in [0.2, 0.25) is 0 Å². The van der Waals surface area contributed by atoms with Crippen molar-refractivity contribution in [1.29, 1.82) is 0 Å². The number of nitrogens with one attached hydrogen (secondary N) is 2. The van der Waals surface area contributed by atoms with E-state index in [4.69, 9.17) is 4.74 Å². The third kappa shape index (κ3) is 3.97. The second kappa shape index (κ2) is 7.64. The number of nitrogens with zero attached hydrogens (tertiary/aromatic N) is 3. The Hall–Kier alpha value is -3.42. The number of aromatic nitrogens is 3. The molecule has 3 rings (SSSR count). The zero-order valence-corrected chi connectivity index (χ0v) is 14.5. The number of amides is 2. The summed E-state index contributed by atoms with van der Waals surface area (Å²) in [4.78, 5) is 28.5. The summed E-state index contributed by atoms with van der Waals surface area (Å²) in [5, 5.41) is 9.79. The summed E-state index contributed by atoms with van der Waals surface area (Å²) in [6.07, 6.45) is 1.78. The van der Waals surface area contributed by atoms with E-state index < -0.39 is 18.0 Å². The second-order valence-corrected chi connectivity index (χ2v) is 5.69. The molecule has 8 heteroatoms. The van der Waals surface area contributed by atoms with Gasteiger partial charge in [0.1, 0.15) is 5.82 Å². The number of rotatable bonds is 5. The van der Waals surface area contributed by atoms with Gasteiger partial charge in [0.15, 0.2) is 5.65 Å². The Morgan fingerprint density at radius 2 is 1.96 bits per heavy atom. The van der Waals surface area contributed by atoms with Crippen LogP contribution in [0.2, 0.25) is 0 Å². The van der Waals surface area contributed by atoms with Crippen molar-refractivity contribution in [2.45, 2.75) is 19.4 Å². The van der Waals surface area contributed by atoms with Crippen LogP contribution in [0.15, 0.2) is 48.7 Å². The third-order valence-electron chi connectivity index (χ3n) is 3.82. The lowest BCUT2D eigenvalue weighted by atomic mass is 10.0. The quantitative estimate of drug-likeness (QED) is 0.687. The van der Waals surface area contributed by atoms with Crippen molar-refractivity contribution in [2.24, 2.45) is 0 Å². The SMILES string of the molecule is COC(=O)CC(NC(=O)Nc1cccn2nc(C)nc12)c1ccccc1. The van der Waals surface area contributed by atoms with Gasteiger partial charge in [0.05, 0.1) is 25.3 Å². The van der Waals surface area contributed by atoms with Crippen LogP contribution in [0.3, 0.4) is 0 Å². The molecule has 0 aliphatic rings. The van der Waals surface area contributed by atoms with Gasteiger partial charge in [0, 0.05) is 6.20 Å². The molecule has 1 aromatic carbocycles. The number of carbonyl (C=O) groups is 2. The molecule has 1 unspecified atom stereocenters. The van der Waals surface area contributed by atoms with E-state index in [9.17, 15) is 9.59 Å². The zero-order valence-electron chi connectivity index (χ0n) is 14.5. The summed E-state index contributed by atoms with van der Waals surface area (Å²) in [6, 6.07) is 11.8. The number of hydrogen-bond donors (Lipinski definition) is 2. The number of fused-ring (bicyclic) bond motifs is 1. The Kier molecular flexibility index (Phi) is 5.12. The van der Waals surface area contributed by atoms with Crippen molar-refractivity contribution in [3.63, 3.8) is 0 Å². The molecule has 0 aliphatic heterocycles. The monoisotopic (exact) mass is 353 g/mol. The topological polar surface area (TPSA) is 97.6 Å². The summed E-state index contributed by atoms with van der Waals surface area (Å²) < 4.78 is 6.32. The highest BCUT2D eigenvalue weighted by molar-refractivity contribution is 5.93. The minimum absolute atomic E-state index is 0.0299. The predicted octanol–water partition coefficient (Wildman–Crippen LogP) is 2.46. The maximum Gasteiger partial charge on any atom is 0.319 e. The van der Waals surface area contributed by atoms with Crippen LogP contribution in [0.1, 0.15) is 23.9 Å². The molecule has 0 aliphatic carbocycles. The van der Waals surface area contributed by atoms with Crippen LogP contribution in [-0.2, 0) is 9.53 Å². The highest BCUT2D eigenvalue weighted by Crippen LogP contribution is 2.19. The van der Waals surface area contributed by atoms with E-state index in [0.717, 1.165) is 5.56 Å². The van der Waals surface area contributed by atoms with Gasteiger partial charge in [0.25, 0.3) is 0 Å². The summed E-state index contributed by atoms with van der Waals surface area (Å²) in [7, 11) is 1.32. The molecule has 8 nitrogen and oxygen atoms in total. The molecule has 134 valence electrons. The average molecular weight is 353 g/mol. The molecule has 0 saturated heterocycles. The highest BCUT2D eigenvalue weighted by Gasteiger charge is 2.19. The number of carbonyl (C=O) groups excluding carboxylic acids is 2. The molecular formula is C18H19N5O3. The second-order valence-electron chi connectivity index (χ2n) is 5.69. The van der Waals surface area contributed by atoms with E-state index >= 15 is 0 Å². The number of esters is 1. The highest BCUT2D eigenvalue weighted by atomic mass is 16.5. The van der Waals surface area contributed by atoms with E-state index in [1.54, 1.807) is 29.8 Å². The number of benzene rings is 1. The summed E-state index contributed by atoms with van der Waals surface area (Å²) in [6.45, 7) is 1.78. The Morgan fingerprint density at radius 1 is 1.19 bits per heavy atom. The molecule has 26 heavy (non-hydrogen) atoms. The predicted molar refractivity (Wildman–Crippen MR) is 95.7 cm³/mol. The van der Waals surface area contributed by atoms with Gasteiger partial charge in [-0.3, -0.25) is 4.79 Å². The normalized spacial score (nSPS) is 11.8. The van der Waals surface area contributed by atoms with Gasteiger partial charge in [-0.1, -0.05) is 30.3 Å². The van der Waals surface area contributed by atoms with E-state index in [0.29, 0.717) is 17.2 Å². The van der Waals surface area contributed by atoms with Gasteiger partial charge in [-0.2, -0.15) is 5.10 Å². The van der Waals surface area contributed by atoms with Crippen molar-refractivity contribution in [3.05, 3.63) is 60.0 Å². The lowest BCUT2D eigenvalue weighted by Gasteiger charge is -2.18. The molecule has 2 heterocycles. The molecule has 2 aromatic heterocycles. The van der Waals surface area contributed by atoms with E-state index in [1.807, 2.05) is 30.3 Å². The molecule has 3 aromatic rings. The minimum atomic E-state index is -0.511. The van der Waals surface area contributed by atoms with Gasteiger partial charge in [-0.25, -0.2) is 14.3 Å². The number of anilines is 1. The van der Waals surface area contributed by atoms with Crippen molar-refractivity contribution in [3.8, 4) is 0 Å². The molecule has 0 fully saturated rings. The molecule has 2 amide bonds. The standard InChI is InChI=1S/C18H19N5O3/c1-12-19-17-14(9-6-10-23(17)22-12)20-18(25)21-15(11-16(24)26-2)13-7-4-3-5-8-13/h3-10,15H,11H2,1-2H3,(H2,20,21,25). The number of hydrogen-bond acceptors (Lipinski definition) is 5. The Morgan fingerprint density at radius 3 is 2.69 bits per heavy atom. The summed E-state index contributed by atoms with van der Waals surface area (Å²) in [5.74, 6) is 0.196. The fourth-order valence-corrected chi connectivity index (χ4v) is 2.61. The lowest BCUT2D eigenvalue weighted by molar-refractivity contribution is -0.141. The van der Waals surface area contributed by atoms with Crippen LogP contribution in [-0.4, -0.2) is 33.7 Å². The van der Waals surface area contributed by atoms with Gasteiger partial charge in [-0.15, -0.1) is 0 Å². The van der Waals surface area contributed by atoms with Crippen LogP contribution in [0.25, 0.3) is 5.65 Å². The smallest absolute Gasteiger partial charge is 0.319 e. The molecule has 0 radical (unpaired) electrons. The van der Waals surface area contributed by atoms with Gasteiger partial charge < -0.3 is 15.4 Å². The molecule has 1 atom stereocenters. The molecular weight excluding hydrogens is 334 g/mol. The maximum atomic E-state index is 12.5. The average Bonchev–Trinajstić information content (AvgIpc) is 3.03. The first-order chi connectivity index (χ1) is 12.6. The number of ether oxygens (including phenoxy) is 1. The Bertz CT molecular complexity index is 923. The maximum absolute atomic E-state index is 12.5. The van der Waals surface area contributed by atoms with Crippen molar-refractivity contribution < 1.29 is 14.3 Å². The molecule has 0 bridgehead atoms. The Balaban J connectivity index is 1.77. The van der Waals surface area contributed by atoms with Crippen molar-refractivity contribution in [2.75, 3.05) is 12.4 Å². The number of methoxy groups -OCH3 is 1. The van der Waals surface area contributed by atoms with E-state index in [1.165, 1.54) is 7.11 Å². The van der Waals surface area contributed by atoms with Crippen molar-refractivity contribution in [1.82, 2.24) is 19.9 Å². The van der Waals surface area contributed by atoms with Crippen molar-refractivity contribution >= 4 is 23.3 Å². The van der Waals surface area contributed by atoms with Crippen LogP contribution in [0.4, 0.5) is 10.5 Å². The fraction of sp³-hybridized carbons (Fsp3) is 0.222. The first-order valence-electron chi connectivity index (χ1n) is 8.08. The fourth-order valence-electron chi connectivity index (χ4n) is 2.61. The first-order valence-corrected chi connectivity index (χ1v) is 8.08. The van der Waals surface area contributed by atoms with E-state index in [2.05, 4.69) is 20.7 Å². The molecule has 0 saturated carbocycles. The summed E-state index contributed by atoms with van der Waals surface area (Å²) in [5.41, 5.74) is 1.88. The van der Waals surface area contributed by atoms with Crippen LogP contribution in [0.5, 0.6) is 0 Å². The minimum Gasteiger partial charge on any atom is -0.469 e. The number of aryl methyl sites for hydroxylation is 1. The lowest BCUT2D eigenvalue weighted by Crippen LogP contribution is -2.34. The third-order valence-corrected chi connectivity index (χ3v) is 3.82. The first kappa shape index (κ1) is 17.4. The zero-order chi connectivity index (χ0) is 18.5. The number of pyridine rings is 1.